The third kappa shape index (κ3) is 7.38. The number of para-hydroxylation sites is 1. The molecule has 4 aromatic carbocycles. The molecule has 0 saturated carbocycles. The van der Waals surface area contributed by atoms with Gasteiger partial charge in [0.15, 0.2) is 17.3 Å². The zero-order chi connectivity index (χ0) is 33.7. The number of nitrogens with zero attached hydrogens (tertiary/aromatic N) is 3. The molecule has 1 aromatic heterocycles. The van der Waals surface area contributed by atoms with Gasteiger partial charge in [0, 0.05) is 15.6 Å². The normalized spacial score (nSPS) is 11.4. The molecular weight excluding hydrogens is 662 g/mol. The molecule has 0 amide bonds. The summed E-state index contributed by atoms with van der Waals surface area (Å²) in [7, 11) is 0. The summed E-state index contributed by atoms with van der Waals surface area (Å²) in [5.74, 6) is 1.33. The number of fused-ring (bicyclic) bond motifs is 1. The average Bonchev–Trinajstić information content (AvgIpc) is 3.05. The van der Waals surface area contributed by atoms with Crippen LogP contribution in [0.15, 0.2) is 87.2 Å². The van der Waals surface area contributed by atoms with Gasteiger partial charge in [0.05, 0.1) is 35.9 Å². The molecular formula is C37H36BrN3O6. The number of carboxylic acids is 1. The van der Waals surface area contributed by atoms with Crippen molar-refractivity contribution in [3.8, 4) is 28.6 Å². The highest BCUT2D eigenvalue weighted by atomic mass is 79.9. The predicted octanol–water partition coefficient (Wildman–Crippen LogP) is 8.21. The fourth-order valence-electron chi connectivity index (χ4n) is 5.18. The zero-order valence-corrected chi connectivity index (χ0v) is 28.5. The number of hydrogen-bond acceptors (Lipinski definition) is 7. The van der Waals surface area contributed by atoms with Crippen LogP contribution in [0.4, 0.5) is 0 Å². The molecule has 0 atom stereocenters. The van der Waals surface area contributed by atoms with Crippen molar-refractivity contribution in [2.24, 2.45) is 5.10 Å². The highest BCUT2D eigenvalue weighted by molar-refractivity contribution is 9.10. The SMILES string of the molecule is CCOc1cc(C=Nn2c(-c3cc(C(C)C)c(OCC)cc3C)nc3ccccc3c2=O)c(Br)cc1OCc1cccc(C(=O)O)c1. The van der Waals surface area contributed by atoms with Gasteiger partial charge in [-0.05, 0) is 108 Å². The number of ether oxygens (including phenoxy) is 3. The number of carbonyl (C=O) groups is 1. The van der Waals surface area contributed by atoms with E-state index < -0.39 is 5.97 Å². The van der Waals surface area contributed by atoms with Gasteiger partial charge < -0.3 is 19.3 Å². The minimum absolute atomic E-state index is 0.141. The van der Waals surface area contributed by atoms with Crippen LogP contribution in [0, 0.1) is 6.92 Å². The molecule has 0 unspecified atom stereocenters. The van der Waals surface area contributed by atoms with Crippen molar-refractivity contribution in [1.29, 1.82) is 0 Å². The number of halogens is 1. The van der Waals surface area contributed by atoms with E-state index in [1.54, 1.807) is 48.7 Å². The van der Waals surface area contributed by atoms with E-state index in [1.807, 2.05) is 45.0 Å². The topological polar surface area (TPSA) is 112 Å². The molecule has 0 fully saturated rings. The van der Waals surface area contributed by atoms with Crippen molar-refractivity contribution >= 4 is 39.0 Å². The minimum atomic E-state index is -1.00. The number of benzene rings is 4. The van der Waals surface area contributed by atoms with Crippen molar-refractivity contribution in [3.63, 3.8) is 0 Å². The lowest BCUT2D eigenvalue weighted by Gasteiger charge is -2.18. The monoisotopic (exact) mass is 697 g/mol. The van der Waals surface area contributed by atoms with E-state index in [4.69, 9.17) is 24.3 Å². The maximum absolute atomic E-state index is 13.9. The second kappa shape index (κ2) is 14.6. The van der Waals surface area contributed by atoms with Gasteiger partial charge in [-0.3, -0.25) is 4.79 Å². The van der Waals surface area contributed by atoms with Gasteiger partial charge in [-0.1, -0.05) is 38.1 Å². The maximum atomic E-state index is 13.9. The van der Waals surface area contributed by atoms with Crippen molar-refractivity contribution in [2.75, 3.05) is 13.2 Å². The number of carboxylic acid groups (broad SMARTS) is 1. The highest BCUT2D eigenvalue weighted by Gasteiger charge is 2.19. The summed E-state index contributed by atoms with van der Waals surface area (Å²) < 4.78 is 19.9. The van der Waals surface area contributed by atoms with E-state index in [2.05, 4.69) is 29.8 Å². The summed E-state index contributed by atoms with van der Waals surface area (Å²) in [6.07, 6.45) is 1.58. The van der Waals surface area contributed by atoms with Gasteiger partial charge >= 0.3 is 5.97 Å². The van der Waals surface area contributed by atoms with Crippen molar-refractivity contribution < 1.29 is 24.1 Å². The van der Waals surface area contributed by atoms with Gasteiger partial charge in [0.2, 0.25) is 0 Å². The first-order chi connectivity index (χ1) is 22.6. The molecule has 0 aliphatic rings. The lowest BCUT2D eigenvalue weighted by atomic mass is 9.96. The van der Waals surface area contributed by atoms with Crippen LogP contribution in [0.5, 0.6) is 17.2 Å². The number of aromatic carboxylic acids is 1. The third-order valence-electron chi connectivity index (χ3n) is 7.52. The van der Waals surface area contributed by atoms with Crippen LogP contribution in [-0.4, -0.2) is 40.2 Å². The van der Waals surface area contributed by atoms with Crippen LogP contribution < -0.4 is 19.8 Å². The molecule has 0 saturated heterocycles. The summed E-state index contributed by atoms with van der Waals surface area (Å²) in [6, 6.07) is 21.4. The molecule has 10 heteroatoms. The number of rotatable bonds is 12. The molecule has 0 bridgehead atoms. The Morgan fingerprint density at radius 1 is 0.957 bits per heavy atom. The minimum Gasteiger partial charge on any atom is -0.494 e. The van der Waals surface area contributed by atoms with Crippen molar-refractivity contribution in [2.45, 2.75) is 47.1 Å². The van der Waals surface area contributed by atoms with Crippen LogP contribution in [0.1, 0.15) is 66.2 Å². The van der Waals surface area contributed by atoms with E-state index in [9.17, 15) is 14.7 Å². The molecule has 47 heavy (non-hydrogen) atoms. The van der Waals surface area contributed by atoms with Crippen LogP contribution in [0.2, 0.25) is 0 Å². The van der Waals surface area contributed by atoms with Crippen LogP contribution in [-0.2, 0) is 6.61 Å². The Morgan fingerprint density at radius 3 is 2.40 bits per heavy atom. The molecule has 0 radical (unpaired) electrons. The Labute approximate surface area is 281 Å². The van der Waals surface area contributed by atoms with Gasteiger partial charge in [-0.2, -0.15) is 9.78 Å². The second-order valence-electron chi connectivity index (χ2n) is 11.2. The van der Waals surface area contributed by atoms with Gasteiger partial charge in [0.25, 0.3) is 5.56 Å². The van der Waals surface area contributed by atoms with E-state index in [1.165, 1.54) is 10.7 Å². The van der Waals surface area contributed by atoms with Gasteiger partial charge in [0.1, 0.15) is 12.4 Å². The summed E-state index contributed by atoms with van der Waals surface area (Å²) in [4.78, 5) is 30.2. The molecule has 242 valence electrons. The van der Waals surface area contributed by atoms with Crippen LogP contribution in [0.3, 0.4) is 0 Å². The quantitative estimate of drug-likeness (QED) is 0.131. The van der Waals surface area contributed by atoms with Crippen LogP contribution >= 0.6 is 15.9 Å². The molecule has 0 aliphatic carbocycles. The summed E-state index contributed by atoms with van der Waals surface area (Å²) >= 11 is 3.62. The van der Waals surface area contributed by atoms with Crippen LogP contribution in [0.25, 0.3) is 22.3 Å². The Bertz CT molecular complexity index is 2040. The summed E-state index contributed by atoms with van der Waals surface area (Å²) in [5.41, 5.74) is 4.50. The first-order valence-corrected chi connectivity index (χ1v) is 16.2. The maximum Gasteiger partial charge on any atom is 0.335 e. The molecule has 1 heterocycles. The van der Waals surface area contributed by atoms with Crippen molar-refractivity contribution in [3.05, 3.63) is 115 Å². The highest BCUT2D eigenvalue weighted by Crippen LogP contribution is 2.36. The predicted molar refractivity (Wildman–Crippen MR) is 187 cm³/mol. The fraction of sp³-hybridized carbons (Fsp3) is 0.243. The lowest BCUT2D eigenvalue weighted by molar-refractivity contribution is 0.0696. The molecule has 1 N–H and O–H groups in total. The molecule has 5 rings (SSSR count). The zero-order valence-electron chi connectivity index (χ0n) is 26.9. The first-order valence-electron chi connectivity index (χ1n) is 15.4. The van der Waals surface area contributed by atoms with E-state index in [0.717, 1.165) is 22.4 Å². The second-order valence-corrected chi connectivity index (χ2v) is 12.0. The number of aromatic nitrogens is 2. The van der Waals surface area contributed by atoms with E-state index in [0.29, 0.717) is 57.0 Å². The van der Waals surface area contributed by atoms with Crippen molar-refractivity contribution in [1.82, 2.24) is 9.66 Å². The lowest BCUT2D eigenvalue weighted by Crippen LogP contribution is -2.21. The van der Waals surface area contributed by atoms with E-state index >= 15 is 0 Å². The largest absolute Gasteiger partial charge is 0.494 e. The average molecular weight is 699 g/mol. The Kier molecular flexibility index (Phi) is 10.4. The third-order valence-corrected chi connectivity index (χ3v) is 8.20. The number of aryl methyl sites for hydroxylation is 1. The first kappa shape index (κ1) is 33.4. The van der Waals surface area contributed by atoms with E-state index in [-0.39, 0.29) is 23.6 Å². The molecule has 5 aromatic rings. The Hall–Kier alpha value is -4.96. The smallest absolute Gasteiger partial charge is 0.335 e. The summed E-state index contributed by atoms with van der Waals surface area (Å²) in [6.45, 7) is 11.1. The standard InChI is InChI=1S/C37H36BrN3O6/c1-6-45-32-15-23(5)29(18-28(32)22(3)4)35-40-31-14-9-8-13-27(31)36(42)41(35)39-20-26-17-33(46-7-2)34(19-30(26)38)47-21-24-11-10-12-25(16-24)37(43)44/h8-20,22H,6-7,21H2,1-5H3,(H,43,44). The molecule has 0 aliphatic heterocycles. The van der Waals surface area contributed by atoms with Gasteiger partial charge in [-0.25, -0.2) is 9.78 Å². The summed E-state index contributed by atoms with van der Waals surface area (Å²) in [5, 5.41) is 14.5. The molecule has 0 spiro atoms. The Morgan fingerprint density at radius 2 is 1.68 bits per heavy atom. The number of hydrogen-bond donors (Lipinski definition) is 1. The molecule has 9 nitrogen and oxygen atoms in total. The van der Waals surface area contributed by atoms with Gasteiger partial charge in [-0.15, -0.1) is 0 Å². The Balaban J connectivity index is 1.58. The fourth-order valence-corrected chi connectivity index (χ4v) is 5.61.